The lowest BCUT2D eigenvalue weighted by Crippen LogP contribution is -2.50. The molecule has 4 rings (SSSR count). The van der Waals surface area contributed by atoms with Gasteiger partial charge >= 0.3 is 0 Å². The van der Waals surface area contributed by atoms with Gasteiger partial charge in [0, 0.05) is 30.0 Å². The third kappa shape index (κ3) is 5.12. The molecule has 4 aromatic rings. The summed E-state index contributed by atoms with van der Waals surface area (Å²) in [5, 5.41) is 10.1. The van der Waals surface area contributed by atoms with Crippen LogP contribution in [0.25, 0.3) is 22.0 Å². The van der Waals surface area contributed by atoms with Crippen LogP contribution >= 0.6 is 11.3 Å². The third-order valence-electron chi connectivity index (χ3n) is 5.51. The number of thiazole rings is 1. The molecule has 0 aliphatic heterocycles. The van der Waals surface area contributed by atoms with Crippen LogP contribution in [-0.4, -0.2) is 41.4 Å². The predicted molar refractivity (Wildman–Crippen MR) is 133 cm³/mol. The molecule has 0 aliphatic rings. The van der Waals surface area contributed by atoms with Gasteiger partial charge in [0.1, 0.15) is 16.2 Å². The number of furan rings is 1. The molecule has 0 bridgehead atoms. The van der Waals surface area contributed by atoms with Gasteiger partial charge in [0.15, 0.2) is 17.3 Å². The highest BCUT2D eigenvalue weighted by Crippen LogP contribution is 2.33. The number of hydrogen-bond acceptors (Lipinski definition) is 8. The van der Waals surface area contributed by atoms with E-state index >= 15 is 0 Å². The highest BCUT2D eigenvalue weighted by molar-refractivity contribution is 7.13. The van der Waals surface area contributed by atoms with Gasteiger partial charge in [0.25, 0.3) is 5.56 Å². The van der Waals surface area contributed by atoms with E-state index in [2.05, 4.69) is 15.4 Å². The first kappa shape index (κ1) is 24.2. The van der Waals surface area contributed by atoms with E-state index in [1.165, 1.54) is 28.3 Å². The van der Waals surface area contributed by atoms with Gasteiger partial charge in [-0.15, -0.1) is 11.3 Å². The summed E-state index contributed by atoms with van der Waals surface area (Å²) in [5.41, 5.74) is 0.672. The van der Waals surface area contributed by atoms with Crippen LogP contribution in [0.15, 0.2) is 63.3 Å². The first-order valence-electron chi connectivity index (χ1n) is 10.9. The summed E-state index contributed by atoms with van der Waals surface area (Å²) >= 11 is 1.51. The number of aromatic nitrogens is 3. The standard InChI is InChI=1S/C25H26N4O5S/c1-25(2,29-22(30)10-8-18(28-29)19-6-5-13-34-19)24(31)26-12-11-17-15-35-23(27-17)16-7-9-20(32-3)21(14-16)33-4/h5-10,13-15H,11-12H2,1-4H3,(H,26,31). The lowest BCUT2D eigenvalue weighted by atomic mass is 10.0. The van der Waals surface area contributed by atoms with Crippen LogP contribution in [0.5, 0.6) is 11.5 Å². The molecule has 1 amide bonds. The van der Waals surface area contributed by atoms with E-state index in [0.717, 1.165) is 16.3 Å². The molecular weight excluding hydrogens is 468 g/mol. The van der Waals surface area contributed by atoms with Gasteiger partial charge in [-0.2, -0.15) is 5.10 Å². The number of benzene rings is 1. The highest BCUT2D eigenvalue weighted by atomic mass is 32.1. The molecule has 182 valence electrons. The van der Waals surface area contributed by atoms with Crippen molar-refractivity contribution < 1.29 is 18.7 Å². The predicted octanol–water partition coefficient (Wildman–Crippen LogP) is 3.74. The third-order valence-corrected chi connectivity index (χ3v) is 6.45. The number of nitrogens with one attached hydrogen (secondary N) is 1. The number of rotatable bonds is 9. The highest BCUT2D eigenvalue weighted by Gasteiger charge is 2.32. The van der Waals surface area contributed by atoms with Crippen molar-refractivity contribution in [2.45, 2.75) is 25.8 Å². The fraction of sp³-hybridized carbons (Fsp3) is 0.280. The van der Waals surface area contributed by atoms with Crippen molar-refractivity contribution in [1.29, 1.82) is 0 Å². The number of amides is 1. The number of hydrogen-bond donors (Lipinski definition) is 1. The Hall–Kier alpha value is -3.92. The van der Waals surface area contributed by atoms with Crippen molar-refractivity contribution in [2.75, 3.05) is 20.8 Å². The van der Waals surface area contributed by atoms with Crippen LogP contribution in [0.2, 0.25) is 0 Å². The summed E-state index contributed by atoms with van der Waals surface area (Å²) in [4.78, 5) is 30.1. The summed E-state index contributed by atoms with van der Waals surface area (Å²) in [6.07, 6.45) is 2.07. The Morgan fingerprint density at radius 2 is 1.94 bits per heavy atom. The van der Waals surface area contributed by atoms with Crippen LogP contribution in [0.4, 0.5) is 0 Å². The van der Waals surface area contributed by atoms with Crippen LogP contribution < -0.4 is 20.3 Å². The fourth-order valence-corrected chi connectivity index (χ4v) is 4.36. The molecule has 10 heteroatoms. The van der Waals surface area contributed by atoms with Gasteiger partial charge in [0.05, 0.1) is 26.2 Å². The normalized spacial score (nSPS) is 11.3. The lowest BCUT2D eigenvalue weighted by molar-refractivity contribution is -0.128. The van der Waals surface area contributed by atoms with Crippen LogP contribution in [0, 0.1) is 0 Å². The first-order chi connectivity index (χ1) is 16.8. The summed E-state index contributed by atoms with van der Waals surface area (Å²) in [5.74, 6) is 1.49. The zero-order valence-corrected chi connectivity index (χ0v) is 20.7. The maximum atomic E-state index is 13.0. The Labute approximate surface area is 206 Å². The molecule has 0 saturated heterocycles. The summed E-state index contributed by atoms with van der Waals surface area (Å²) in [6, 6.07) is 12.1. The van der Waals surface area contributed by atoms with Gasteiger partial charge in [-0.1, -0.05) is 0 Å². The molecule has 0 saturated carbocycles. The van der Waals surface area contributed by atoms with Gasteiger partial charge in [-0.25, -0.2) is 9.67 Å². The minimum atomic E-state index is -1.20. The van der Waals surface area contributed by atoms with Gasteiger partial charge < -0.3 is 19.2 Å². The molecule has 0 spiro atoms. The lowest BCUT2D eigenvalue weighted by Gasteiger charge is -2.25. The molecule has 0 radical (unpaired) electrons. The summed E-state index contributed by atoms with van der Waals surface area (Å²) < 4.78 is 17.2. The second-order valence-electron chi connectivity index (χ2n) is 8.22. The SMILES string of the molecule is COc1ccc(-c2nc(CCNC(=O)C(C)(C)n3nc(-c4ccco4)ccc3=O)cs2)cc1OC. The number of carbonyl (C=O) groups is 1. The molecular formula is C25H26N4O5S. The second-order valence-corrected chi connectivity index (χ2v) is 9.08. The monoisotopic (exact) mass is 494 g/mol. The molecule has 1 N–H and O–H groups in total. The summed E-state index contributed by atoms with van der Waals surface area (Å²) in [6.45, 7) is 3.67. The van der Waals surface area contributed by atoms with Crippen molar-refractivity contribution in [2.24, 2.45) is 0 Å². The average molecular weight is 495 g/mol. The van der Waals surface area contributed by atoms with E-state index in [1.54, 1.807) is 46.3 Å². The Morgan fingerprint density at radius 3 is 2.66 bits per heavy atom. The van der Waals surface area contributed by atoms with Crippen LogP contribution in [0.3, 0.4) is 0 Å². The minimum absolute atomic E-state index is 0.320. The molecule has 0 unspecified atom stereocenters. The molecule has 35 heavy (non-hydrogen) atoms. The zero-order valence-electron chi connectivity index (χ0n) is 19.9. The van der Waals surface area contributed by atoms with Crippen molar-refractivity contribution in [3.8, 4) is 33.5 Å². The Morgan fingerprint density at radius 1 is 1.14 bits per heavy atom. The Kier molecular flexibility index (Phi) is 7.02. The van der Waals surface area contributed by atoms with Gasteiger partial charge in [0.2, 0.25) is 5.91 Å². The molecule has 3 aromatic heterocycles. The van der Waals surface area contributed by atoms with E-state index in [9.17, 15) is 9.59 Å². The van der Waals surface area contributed by atoms with Crippen molar-refractivity contribution in [1.82, 2.24) is 20.1 Å². The largest absolute Gasteiger partial charge is 0.493 e. The molecule has 9 nitrogen and oxygen atoms in total. The fourth-order valence-electron chi connectivity index (χ4n) is 3.51. The number of nitrogens with zero attached hydrogens (tertiary/aromatic N) is 3. The smallest absolute Gasteiger partial charge is 0.267 e. The van der Waals surface area contributed by atoms with Crippen LogP contribution in [-0.2, 0) is 16.8 Å². The molecule has 0 atom stereocenters. The zero-order chi connectivity index (χ0) is 25.0. The molecule has 0 fully saturated rings. The topological polar surface area (TPSA) is 108 Å². The number of methoxy groups -OCH3 is 2. The summed E-state index contributed by atoms with van der Waals surface area (Å²) in [7, 11) is 3.19. The number of ether oxygens (including phenoxy) is 2. The Bertz CT molecular complexity index is 1370. The second kappa shape index (κ2) is 10.1. The van der Waals surface area contributed by atoms with E-state index in [-0.39, 0.29) is 11.5 Å². The first-order valence-corrected chi connectivity index (χ1v) is 11.8. The van der Waals surface area contributed by atoms with Crippen molar-refractivity contribution in [3.05, 3.63) is 70.2 Å². The number of carbonyl (C=O) groups excluding carboxylic acids is 1. The van der Waals surface area contributed by atoms with Crippen molar-refractivity contribution in [3.63, 3.8) is 0 Å². The van der Waals surface area contributed by atoms with E-state index in [0.29, 0.717) is 35.9 Å². The Balaban J connectivity index is 1.41. The van der Waals surface area contributed by atoms with E-state index in [1.807, 2.05) is 23.6 Å². The molecule has 1 aromatic carbocycles. The van der Waals surface area contributed by atoms with E-state index < -0.39 is 5.54 Å². The quantitative estimate of drug-likeness (QED) is 0.378. The molecule has 0 aliphatic carbocycles. The van der Waals surface area contributed by atoms with E-state index in [4.69, 9.17) is 13.9 Å². The maximum Gasteiger partial charge on any atom is 0.267 e. The van der Waals surface area contributed by atoms with Crippen molar-refractivity contribution >= 4 is 17.2 Å². The maximum absolute atomic E-state index is 13.0. The molecule has 3 heterocycles. The van der Waals surface area contributed by atoms with Gasteiger partial charge in [-0.3, -0.25) is 9.59 Å². The minimum Gasteiger partial charge on any atom is -0.493 e. The average Bonchev–Trinajstić information content (AvgIpc) is 3.56. The van der Waals surface area contributed by atoms with Crippen LogP contribution in [0.1, 0.15) is 19.5 Å². The van der Waals surface area contributed by atoms with Gasteiger partial charge in [-0.05, 0) is 50.2 Å².